The molecule has 2 nitrogen and oxygen atoms in total. The van der Waals surface area contributed by atoms with Gasteiger partial charge in [-0.15, -0.1) is 13.2 Å². The third-order valence-electron chi connectivity index (χ3n) is 1.66. The van der Waals surface area contributed by atoms with Crippen molar-refractivity contribution >= 4 is 5.76 Å². The predicted octanol–water partition coefficient (Wildman–Crippen LogP) is 3.20. The third kappa shape index (κ3) is 3.53. The third-order valence-corrected chi connectivity index (χ3v) is 1.66. The molecule has 0 atom stereocenters. The molecule has 0 heterocycles. The fourth-order valence-electron chi connectivity index (χ4n) is 0.960. The standard InChI is InChI=1S/C10H9F3O2/c1-7(14-2)8-3-5-9(6-4-8)15-10(11,12)13/h3-6H,1H2,2H3. The van der Waals surface area contributed by atoms with Crippen LogP contribution in [0.1, 0.15) is 5.56 Å². The maximum Gasteiger partial charge on any atom is 0.573 e. The van der Waals surface area contributed by atoms with E-state index in [1.165, 1.54) is 31.4 Å². The molecule has 0 fully saturated rings. The van der Waals surface area contributed by atoms with Crippen LogP contribution >= 0.6 is 0 Å². The van der Waals surface area contributed by atoms with Crippen molar-refractivity contribution < 1.29 is 22.6 Å². The minimum Gasteiger partial charge on any atom is -0.497 e. The number of ether oxygens (including phenoxy) is 2. The van der Waals surface area contributed by atoms with Gasteiger partial charge in [0, 0.05) is 5.56 Å². The van der Waals surface area contributed by atoms with E-state index < -0.39 is 6.36 Å². The van der Waals surface area contributed by atoms with E-state index >= 15 is 0 Å². The Morgan fingerprint density at radius 3 is 2.13 bits per heavy atom. The maximum atomic E-state index is 11.8. The molecule has 0 N–H and O–H groups in total. The van der Waals surface area contributed by atoms with Crippen molar-refractivity contribution in [2.75, 3.05) is 7.11 Å². The Hall–Kier alpha value is -1.65. The number of benzene rings is 1. The Bertz CT molecular complexity index is 341. The highest BCUT2D eigenvalue weighted by atomic mass is 19.4. The number of hydrogen-bond acceptors (Lipinski definition) is 2. The van der Waals surface area contributed by atoms with Crippen molar-refractivity contribution in [1.82, 2.24) is 0 Å². The highest BCUT2D eigenvalue weighted by molar-refractivity contribution is 5.57. The minimum atomic E-state index is -4.67. The molecule has 0 aliphatic carbocycles. The molecular weight excluding hydrogens is 209 g/mol. The molecule has 0 unspecified atom stereocenters. The molecule has 1 aromatic carbocycles. The van der Waals surface area contributed by atoms with Crippen molar-refractivity contribution in [1.29, 1.82) is 0 Å². The molecule has 5 heteroatoms. The van der Waals surface area contributed by atoms with Gasteiger partial charge < -0.3 is 9.47 Å². The average Bonchev–Trinajstić information content (AvgIpc) is 2.15. The van der Waals surface area contributed by atoms with Gasteiger partial charge >= 0.3 is 6.36 Å². The Kier molecular flexibility index (Phi) is 3.24. The minimum absolute atomic E-state index is 0.268. The lowest BCUT2D eigenvalue weighted by Crippen LogP contribution is -2.16. The summed E-state index contributed by atoms with van der Waals surface area (Å²) in [5, 5.41) is 0. The first kappa shape index (κ1) is 11.4. The molecule has 0 spiro atoms. The number of halogens is 3. The van der Waals surface area contributed by atoms with E-state index in [-0.39, 0.29) is 5.75 Å². The summed E-state index contributed by atoms with van der Waals surface area (Å²) in [7, 11) is 1.43. The fourth-order valence-corrected chi connectivity index (χ4v) is 0.960. The molecule has 1 aromatic rings. The zero-order valence-corrected chi connectivity index (χ0v) is 7.97. The Morgan fingerprint density at radius 1 is 1.20 bits per heavy atom. The van der Waals surface area contributed by atoms with Gasteiger partial charge in [-0.1, -0.05) is 6.58 Å². The van der Waals surface area contributed by atoms with Crippen LogP contribution in [0.4, 0.5) is 13.2 Å². The lowest BCUT2D eigenvalue weighted by molar-refractivity contribution is -0.274. The number of rotatable bonds is 3. The summed E-state index contributed by atoms with van der Waals surface area (Å²) in [6, 6.07) is 5.28. The van der Waals surface area contributed by atoms with Crippen LogP contribution in [0.3, 0.4) is 0 Å². The van der Waals surface area contributed by atoms with Gasteiger partial charge in [-0.05, 0) is 24.3 Å². The van der Waals surface area contributed by atoms with Gasteiger partial charge in [0.05, 0.1) is 7.11 Å². The summed E-state index contributed by atoms with van der Waals surface area (Å²) < 4.78 is 43.9. The van der Waals surface area contributed by atoms with E-state index in [1.54, 1.807) is 0 Å². The number of methoxy groups -OCH3 is 1. The summed E-state index contributed by atoms with van der Waals surface area (Å²) in [6.45, 7) is 3.56. The summed E-state index contributed by atoms with van der Waals surface area (Å²) >= 11 is 0. The Balaban J connectivity index is 2.77. The topological polar surface area (TPSA) is 18.5 Å². The van der Waals surface area contributed by atoms with Gasteiger partial charge in [-0.25, -0.2) is 0 Å². The smallest absolute Gasteiger partial charge is 0.497 e. The van der Waals surface area contributed by atoms with E-state index in [4.69, 9.17) is 4.74 Å². The first-order valence-corrected chi connectivity index (χ1v) is 4.01. The van der Waals surface area contributed by atoms with Crippen LogP contribution in [0.2, 0.25) is 0 Å². The monoisotopic (exact) mass is 218 g/mol. The average molecular weight is 218 g/mol. The lowest BCUT2D eigenvalue weighted by Gasteiger charge is -2.09. The zero-order valence-electron chi connectivity index (χ0n) is 7.97. The second kappa shape index (κ2) is 4.25. The molecular formula is C10H9F3O2. The van der Waals surface area contributed by atoms with Gasteiger partial charge in [-0.2, -0.15) is 0 Å². The van der Waals surface area contributed by atoms with Crippen LogP contribution in [-0.2, 0) is 4.74 Å². The quantitative estimate of drug-likeness (QED) is 0.725. The van der Waals surface area contributed by atoms with Gasteiger partial charge in [0.15, 0.2) is 0 Å². The first-order valence-electron chi connectivity index (χ1n) is 4.01. The molecule has 0 amide bonds. The molecule has 0 bridgehead atoms. The van der Waals surface area contributed by atoms with E-state index in [0.29, 0.717) is 11.3 Å². The van der Waals surface area contributed by atoms with Crippen LogP contribution in [0, 0.1) is 0 Å². The number of hydrogen-bond donors (Lipinski definition) is 0. The van der Waals surface area contributed by atoms with Gasteiger partial charge in [0.2, 0.25) is 0 Å². The zero-order chi connectivity index (χ0) is 11.5. The van der Waals surface area contributed by atoms with E-state index in [0.717, 1.165) is 0 Å². The van der Waals surface area contributed by atoms with Crippen molar-refractivity contribution in [3.05, 3.63) is 36.4 Å². The molecule has 82 valence electrons. The predicted molar refractivity (Wildman–Crippen MR) is 49.2 cm³/mol. The highest BCUT2D eigenvalue weighted by Crippen LogP contribution is 2.24. The highest BCUT2D eigenvalue weighted by Gasteiger charge is 2.30. The molecule has 0 radical (unpaired) electrons. The van der Waals surface area contributed by atoms with Gasteiger partial charge in [0.25, 0.3) is 0 Å². The lowest BCUT2D eigenvalue weighted by atomic mass is 10.2. The fraction of sp³-hybridized carbons (Fsp3) is 0.200. The van der Waals surface area contributed by atoms with E-state index in [9.17, 15) is 13.2 Å². The van der Waals surface area contributed by atoms with Crippen LogP contribution in [0.15, 0.2) is 30.8 Å². The Morgan fingerprint density at radius 2 is 1.73 bits per heavy atom. The van der Waals surface area contributed by atoms with Crippen molar-refractivity contribution in [2.24, 2.45) is 0 Å². The molecule has 0 saturated heterocycles. The summed E-state index contributed by atoms with van der Waals surface area (Å²) in [5.74, 6) is 0.115. The van der Waals surface area contributed by atoms with Crippen LogP contribution in [0.5, 0.6) is 5.75 Å². The van der Waals surface area contributed by atoms with E-state index in [1.807, 2.05) is 0 Å². The van der Waals surface area contributed by atoms with Crippen molar-refractivity contribution in [3.8, 4) is 5.75 Å². The maximum absolute atomic E-state index is 11.8. The SMILES string of the molecule is C=C(OC)c1ccc(OC(F)(F)F)cc1. The largest absolute Gasteiger partial charge is 0.573 e. The summed E-state index contributed by atoms with van der Waals surface area (Å²) in [5.41, 5.74) is 0.604. The normalized spacial score (nSPS) is 10.9. The summed E-state index contributed by atoms with van der Waals surface area (Å²) in [6.07, 6.45) is -4.67. The second-order valence-electron chi connectivity index (χ2n) is 2.70. The molecule has 15 heavy (non-hydrogen) atoms. The summed E-state index contributed by atoms with van der Waals surface area (Å²) in [4.78, 5) is 0. The van der Waals surface area contributed by atoms with Crippen LogP contribution in [-0.4, -0.2) is 13.5 Å². The van der Waals surface area contributed by atoms with Crippen molar-refractivity contribution in [3.63, 3.8) is 0 Å². The van der Waals surface area contributed by atoms with Crippen LogP contribution < -0.4 is 4.74 Å². The second-order valence-corrected chi connectivity index (χ2v) is 2.70. The van der Waals surface area contributed by atoms with Gasteiger partial charge in [0.1, 0.15) is 11.5 Å². The molecule has 0 aromatic heterocycles. The van der Waals surface area contributed by atoms with E-state index in [2.05, 4.69) is 11.3 Å². The molecule has 1 rings (SSSR count). The first-order chi connectivity index (χ1) is 6.92. The molecule has 0 saturated carbocycles. The Labute approximate surface area is 84.9 Å². The molecule has 0 aliphatic rings. The van der Waals surface area contributed by atoms with Gasteiger partial charge in [-0.3, -0.25) is 0 Å². The number of alkyl halides is 3. The molecule has 0 aliphatic heterocycles. The van der Waals surface area contributed by atoms with Crippen LogP contribution in [0.25, 0.3) is 5.76 Å². The van der Waals surface area contributed by atoms with Crippen molar-refractivity contribution in [2.45, 2.75) is 6.36 Å².